The van der Waals surface area contributed by atoms with Gasteiger partial charge in [-0.2, -0.15) is 0 Å². The fraction of sp³-hybridized carbons (Fsp3) is 0. The van der Waals surface area contributed by atoms with Gasteiger partial charge in [-0.25, -0.2) is 5.26 Å². The van der Waals surface area contributed by atoms with Crippen molar-refractivity contribution in [2.24, 2.45) is 0 Å². The Balaban J connectivity index is 2.54. The van der Waals surface area contributed by atoms with E-state index in [9.17, 15) is 9.90 Å². The maximum absolute atomic E-state index is 12.3. The van der Waals surface area contributed by atoms with Gasteiger partial charge in [0, 0.05) is 5.56 Å². The van der Waals surface area contributed by atoms with E-state index >= 15 is 0 Å². The fourth-order valence-electron chi connectivity index (χ4n) is 1.68. The SMILES string of the molecule is [B]Oc1c(C(=O)c2ccccc2)ccc(O)c1OO. The highest BCUT2D eigenvalue weighted by Gasteiger charge is 2.21. The first-order chi connectivity index (χ1) is 9.19. The van der Waals surface area contributed by atoms with Crippen molar-refractivity contribution in [3.8, 4) is 17.2 Å². The summed E-state index contributed by atoms with van der Waals surface area (Å²) in [6.07, 6.45) is 0. The van der Waals surface area contributed by atoms with Crippen molar-refractivity contribution in [2.75, 3.05) is 0 Å². The monoisotopic (exact) mass is 256 g/mol. The van der Waals surface area contributed by atoms with Crippen LogP contribution in [-0.4, -0.2) is 24.2 Å². The number of phenols is 1. The van der Waals surface area contributed by atoms with Crippen molar-refractivity contribution in [3.63, 3.8) is 0 Å². The zero-order valence-corrected chi connectivity index (χ0v) is 9.74. The average Bonchev–Trinajstić information content (AvgIpc) is 2.47. The van der Waals surface area contributed by atoms with Crippen molar-refractivity contribution in [3.05, 3.63) is 53.6 Å². The van der Waals surface area contributed by atoms with Gasteiger partial charge < -0.3 is 14.6 Å². The number of ketones is 1. The van der Waals surface area contributed by atoms with E-state index in [0.717, 1.165) is 0 Å². The van der Waals surface area contributed by atoms with Crippen LogP contribution in [0.25, 0.3) is 0 Å². The zero-order chi connectivity index (χ0) is 13.8. The molecule has 0 heterocycles. The lowest BCUT2D eigenvalue weighted by atomic mass is 10.0. The first kappa shape index (κ1) is 13.0. The number of aromatic hydroxyl groups is 1. The molecule has 0 aliphatic rings. The lowest BCUT2D eigenvalue weighted by Gasteiger charge is -2.12. The van der Waals surface area contributed by atoms with Gasteiger partial charge in [0.1, 0.15) is 0 Å². The molecule has 0 aliphatic carbocycles. The highest BCUT2D eigenvalue weighted by Crippen LogP contribution is 2.39. The summed E-state index contributed by atoms with van der Waals surface area (Å²) in [5.74, 6) is -1.42. The normalized spacial score (nSPS) is 9.95. The van der Waals surface area contributed by atoms with Gasteiger partial charge >= 0.3 is 8.05 Å². The van der Waals surface area contributed by atoms with E-state index < -0.39 is 11.5 Å². The number of benzene rings is 2. The molecule has 2 rings (SSSR count). The molecule has 5 nitrogen and oxygen atoms in total. The van der Waals surface area contributed by atoms with Gasteiger partial charge in [-0.15, -0.1) is 0 Å². The van der Waals surface area contributed by atoms with E-state index in [-0.39, 0.29) is 17.1 Å². The standard InChI is InChI=1S/C13H9BO5/c14-18-12-9(6-7-10(15)13(12)19-17)11(16)8-4-2-1-3-5-8/h1-7,15,17H. The van der Waals surface area contributed by atoms with Crippen LogP contribution in [0.5, 0.6) is 17.2 Å². The fourth-order valence-corrected chi connectivity index (χ4v) is 1.68. The molecule has 0 aromatic heterocycles. The number of rotatable bonds is 4. The van der Waals surface area contributed by atoms with E-state index in [1.807, 2.05) is 0 Å². The predicted molar refractivity (Wildman–Crippen MR) is 67.6 cm³/mol. The minimum atomic E-state index is -0.413. The molecule has 19 heavy (non-hydrogen) atoms. The summed E-state index contributed by atoms with van der Waals surface area (Å²) in [7, 11) is 5.06. The van der Waals surface area contributed by atoms with Gasteiger partial charge in [-0.05, 0) is 12.1 Å². The van der Waals surface area contributed by atoms with Crippen LogP contribution in [0, 0.1) is 0 Å². The summed E-state index contributed by atoms with van der Waals surface area (Å²) in [5, 5.41) is 18.2. The second-order valence-electron chi connectivity index (χ2n) is 3.69. The molecule has 0 atom stereocenters. The summed E-state index contributed by atoms with van der Waals surface area (Å²) in [6, 6.07) is 11.0. The summed E-state index contributed by atoms with van der Waals surface area (Å²) in [6.45, 7) is 0. The molecule has 0 saturated carbocycles. The molecule has 2 aromatic rings. The Morgan fingerprint density at radius 2 is 1.74 bits per heavy atom. The Kier molecular flexibility index (Phi) is 3.72. The minimum Gasteiger partial charge on any atom is -0.565 e. The van der Waals surface area contributed by atoms with E-state index in [2.05, 4.69) is 9.54 Å². The van der Waals surface area contributed by atoms with Gasteiger partial charge in [0.15, 0.2) is 17.3 Å². The smallest absolute Gasteiger partial charge is 0.374 e. The molecule has 0 unspecified atom stereocenters. The Hall–Kier alpha value is -2.47. The Labute approximate surface area is 110 Å². The molecule has 94 valence electrons. The van der Waals surface area contributed by atoms with Crippen molar-refractivity contribution in [2.45, 2.75) is 0 Å². The molecule has 0 bridgehead atoms. The average molecular weight is 256 g/mol. The van der Waals surface area contributed by atoms with Crippen LogP contribution in [0.1, 0.15) is 15.9 Å². The topological polar surface area (TPSA) is 76.0 Å². The highest BCUT2D eigenvalue weighted by molar-refractivity contribution is 6.12. The Bertz CT molecular complexity index is 597. The lowest BCUT2D eigenvalue weighted by Crippen LogP contribution is -2.05. The minimum absolute atomic E-state index is 0.0653. The molecule has 0 aliphatic heterocycles. The van der Waals surface area contributed by atoms with Crippen molar-refractivity contribution in [1.29, 1.82) is 0 Å². The molecular formula is C13H9BO5. The second-order valence-corrected chi connectivity index (χ2v) is 3.69. The van der Waals surface area contributed by atoms with Gasteiger partial charge in [-0.1, -0.05) is 30.3 Å². The van der Waals surface area contributed by atoms with Crippen molar-refractivity contribution >= 4 is 13.8 Å². The van der Waals surface area contributed by atoms with E-state index in [1.165, 1.54) is 12.1 Å². The van der Waals surface area contributed by atoms with Crippen LogP contribution in [0.2, 0.25) is 0 Å². The maximum atomic E-state index is 12.3. The summed E-state index contributed by atoms with van der Waals surface area (Å²) in [5.41, 5.74) is 0.478. The van der Waals surface area contributed by atoms with Gasteiger partial charge in [0.2, 0.25) is 5.75 Å². The van der Waals surface area contributed by atoms with Gasteiger partial charge in [-0.3, -0.25) is 4.79 Å². The summed E-state index contributed by atoms with van der Waals surface area (Å²) < 4.78 is 4.52. The Morgan fingerprint density at radius 3 is 2.32 bits per heavy atom. The van der Waals surface area contributed by atoms with Crippen LogP contribution < -0.4 is 9.54 Å². The lowest BCUT2D eigenvalue weighted by molar-refractivity contribution is -0.140. The van der Waals surface area contributed by atoms with Crippen LogP contribution in [0.4, 0.5) is 0 Å². The molecule has 0 amide bonds. The molecule has 2 aromatic carbocycles. The first-order valence-electron chi connectivity index (χ1n) is 5.33. The van der Waals surface area contributed by atoms with Gasteiger partial charge in [0.05, 0.1) is 5.56 Å². The van der Waals surface area contributed by atoms with Crippen molar-refractivity contribution in [1.82, 2.24) is 0 Å². The first-order valence-corrected chi connectivity index (χ1v) is 5.33. The molecule has 0 saturated heterocycles. The molecule has 0 spiro atoms. The third-order valence-corrected chi connectivity index (χ3v) is 2.58. The zero-order valence-electron chi connectivity index (χ0n) is 9.74. The van der Waals surface area contributed by atoms with E-state index in [0.29, 0.717) is 5.56 Å². The highest BCUT2D eigenvalue weighted by atomic mass is 17.1. The van der Waals surface area contributed by atoms with E-state index in [1.54, 1.807) is 30.3 Å². The Morgan fingerprint density at radius 1 is 1.05 bits per heavy atom. The molecule has 2 N–H and O–H groups in total. The van der Waals surface area contributed by atoms with Crippen molar-refractivity contribution < 1.29 is 24.7 Å². The quantitative estimate of drug-likeness (QED) is 0.378. The summed E-state index contributed by atoms with van der Waals surface area (Å²) in [4.78, 5) is 16.2. The van der Waals surface area contributed by atoms with Crippen LogP contribution in [-0.2, 0) is 0 Å². The van der Waals surface area contributed by atoms with Crippen LogP contribution in [0.3, 0.4) is 0 Å². The maximum Gasteiger partial charge on any atom is 0.374 e. The number of carbonyl (C=O) groups is 1. The van der Waals surface area contributed by atoms with E-state index in [4.69, 9.17) is 13.3 Å². The third-order valence-electron chi connectivity index (χ3n) is 2.58. The number of phenolic OH excluding ortho intramolecular Hbond substituents is 1. The summed E-state index contributed by atoms with van der Waals surface area (Å²) >= 11 is 0. The van der Waals surface area contributed by atoms with Gasteiger partial charge in [0.25, 0.3) is 0 Å². The number of carbonyl (C=O) groups excluding carboxylic acids is 1. The number of hydrogen-bond donors (Lipinski definition) is 2. The third kappa shape index (κ3) is 2.39. The number of hydrogen-bond acceptors (Lipinski definition) is 5. The molecular weight excluding hydrogens is 247 g/mol. The largest absolute Gasteiger partial charge is 0.565 e. The molecule has 2 radical (unpaired) electrons. The molecule has 6 heteroatoms. The second kappa shape index (κ2) is 5.45. The van der Waals surface area contributed by atoms with Crippen LogP contribution >= 0.6 is 0 Å². The predicted octanol–water partition coefficient (Wildman–Crippen LogP) is 1.94. The molecule has 0 fully saturated rings. The van der Waals surface area contributed by atoms with Crippen LogP contribution in [0.15, 0.2) is 42.5 Å².